The first-order valence-electron chi connectivity index (χ1n) is 13.0. The van der Waals surface area contributed by atoms with E-state index in [-0.39, 0.29) is 35.0 Å². The molecule has 2 atom stereocenters. The van der Waals surface area contributed by atoms with Crippen molar-refractivity contribution in [2.45, 2.75) is 57.1 Å². The highest BCUT2D eigenvalue weighted by Crippen LogP contribution is 2.41. The highest BCUT2D eigenvalue weighted by atomic mass is 32.2. The molecule has 3 heterocycles. The molecule has 0 saturated carbocycles. The standard InChI is InChI=1S/C28H35FN4O4S/c1-28(2,3)18-38(35,36)24-13-20-15-30-32(11-12-37-4)26(20)25(14-24)33-22-9-10-23(33)17-31(16-22)27(34)19-5-7-21(29)8-6-19/h5-8,13-15,22-23H,9-12,16-18H2,1-4H3/t22-,23+. The van der Waals surface area contributed by atoms with E-state index in [9.17, 15) is 17.6 Å². The topological polar surface area (TPSA) is 84.7 Å². The van der Waals surface area contributed by atoms with Crippen LogP contribution in [-0.2, 0) is 21.1 Å². The molecule has 2 saturated heterocycles. The van der Waals surface area contributed by atoms with Gasteiger partial charge in [0.2, 0.25) is 0 Å². The SMILES string of the molecule is COCCn1ncc2cc(S(=O)(=O)CC(C)(C)C)cc(N3[C@@H]4CC[C@H]3CN(C(=O)c3ccc(F)cc3)C4)c21. The fourth-order valence-electron chi connectivity index (χ4n) is 5.80. The van der Waals surface area contributed by atoms with Gasteiger partial charge < -0.3 is 14.5 Å². The smallest absolute Gasteiger partial charge is 0.253 e. The van der Waals surface area contributed by atoms with Gasteiger partial charge in [0, 0.05) is 43.2 Å². The molecule has 0 aliphatic carbocycles. The van der Waals surface area contributed by atoms with Crippen molar-refractivity contribution < 1.29 is 22.3 Å². The summed E-state index contributed by atoms with van der Waals surface area (Å²) in [5, 5.41) is 5.34. The predicted octanol–water partition coefficient (Wildman–Crippen LogP) is 4.14. The summed E-state index contributed by atoms with van der Waals surface area (Å²) in [6.45, 7) is 7.81. The minimum atomic E-state index is -3.54. The highest BCUT2D eigenvalue weighted by Gasteiger charge is 2.43. The lowest BCUT2D eigenvalue weighted by Crippen LogP contribution is -2.55. The Kier molecular flexibility index (Phi) is 6.98. The summed E-state index contributed by atoms with van der Waals surface area (Å²) in [7, 11) is -1.90. The molecule has 2 bridgehead atoms. The number of methoxy groups -OCH3 is 1. The van der Waals surface area contributed by atoms with Crippen molar-refractivity contribution in [2.75, 3.05) is 37.5 Å². The number of ether oxygens (including phenoxy) is 1. The third-order valence-electron chi connectivity index (χ3n) is 7.32. The number of aromatic nitrogens is 2. The van der Waals surface area contributed by atoms with Crippen LogP contribution in [0.4, 0.5) is 10.1 Å². The van der Waals surface area contributed by atoms with Gasteiger partial charge in [0.1, 0.15) is 5.82 Å². The molecule has 1 aromatic heterocycles. The van der Waals surface area contributed by atoms with Crippen LogP contribution >= 0.6 is 0 Å². The summed E-state index contributed by atoms with van der Waals surface area (Å²) in [5.74, 6) is -0.449. The summed E-state index contributed by atoms with van der Waals surface area (Å²) < 4.78 is 47.5. The molecule has 1 amide bonds. The van der Waals surface area contributed by atoms with Gasteiger partial charge in [-0.15, -0.1) is 0 Å². The fraction of sp³-hybridized carbons (Fsp3) is 0.500. The van der Waals surface area contributed by atoms with E-state index in [2.05, 4.69) is 10.00 Å². The number of likely N-dealkylation sites (tertiary alicyclic amines) is 1. The molecule has 0 N–H and O–H groups in total. The maximum absolute atomic E-state index is 13.5. The average Bonchev–Trinajstić information content (AvgIpc) is 3.38. The Balaban J connectivity index is 1.53. The van der Waals surface area contributed by atoms with E-state index >= 15 is 0 Å². The van der Waals surface area contributed by atoms with Crippen molar-refractivity contribution in [3.63, 3.8) is 0 Å². The Hall–Kier alpha value is -2.98. The zero-order chi connectivity index (χ0) is 27.2. The lowest BCUT2D eigenvalue weighted by Gasteiger charge is -2.43. The number of halogens is 1. The third kappa shape index (κ3) is 5.16. The lowest BCUT2D eigenvalue weighted by atomic mass is 10.0. The van der Waals surface area contributed by atoms with E-state index in [1.54, 1.807) is 25.4 Å². The van der Waals surface area contributed by atoms with Gasteiger partial charge >= 0.3 is 0 Å². The van der Waals surface area contributed by atoms with Gasteiger partial charge in [-0.25, -0.2) is 12.8 Å². The van der Waals surface area contributed by atoms with Crippen molar-refractivity contribution in [3.05, 3.63) is 54.0 Å². The molecule has 2 fully saturated rings. The molecule has 0 spiro atoms. The molecule has 204 valence electrons. The Morgan fingerprint density at radius 3 is 2.37 bits per heavy atom. The van der Waals surface area contributed by atoms with Gasteiger partial charge in [0.05, 0.1) is 41.2 Å². The quantitative estimate of drug-likeness (QED) is 0.446. The van der Waals surface area contributed by atoms with E-state index in [0.29, 0.717) is 36.7 Å². The number of fused-ring (bicyclic) bond motifs is 3. The van der Waals surface area contributed by atoms with Gasteiger partial charge in [-0.3, -0.25) is 9.48 Å². The molecule has 0 unspecified atom stereocenters. The number of carbonyl (C=O) groups is 1. The van der Waals surface area contributed by atoms with Crippen LogP contribution in [0.1, 0.15) is 44.0 Å². The van der Waals surface area contributed by atoms with E-state index in [4.69, 9.17) is 4.74 Å². The summed E-state index contributed by atoms with van der Waals surface area (Å²) in [4.78, 5) is 17.7. The number of rotatable bonds is 7. The van der Waals surface area contributed by atoms with Crippen LogP contribution in [0.15, 0.2) is 47.5 Å². The largest absolute Gasteiger partial charge is 0.383 e. The van der Waals surface area contributed by atoms with Gasteiger partial charge in [0.25, 0.3) is 5.91 Å². The number of hydrogen-bond acceptors (Lipinski definition) is 6. The minimum Gasteiger partial charge on any atom is -0.383 e. The molecule has 2 aromatic carbocycles. The Morgan fingerprint density at radius 1 is 1.11 bits per heavy atom. The molecule has 0 radical (unpaired) electrons. The van der Waals surface area contributed by atoms with Crippen LogP contribution in [0, 0.1) is 11.2 Å². The monoisotopic (exact) mass is 542 g/mol. The average molecular weight is 543 g/mol. The first kappa shape index (κ1) is 26.6. The summed E-state index contributed by atoms with van der Waals surface area (Å²) in [5.41, 5.74) is 1.80. The van der Waals surface area contributed by atoms with Gasteiger partial charge in [-0.2, -0.15) is 5.10 Å². The maximum Gasteiger partial charge on any atom is 0.253 e. The second kappa shape index (κ2) is 9.96. The van der Waals surface area contributed by atoms with E-state index in [1.807, 2.05) is 30.4 Å². The number of benzene rings is 2. The number of carbonyl (C=O) groups excluding carboxylic acids is 1. The number of anilines is 1. The van der Waals surface area contributed by atoms with Crippen LogP contribution in [0.5, 0.6) is 0 Å². The molecule has 2 aliphatic rings. The molecular formula is C28H35FN4O4S. The number of piperazine rings is 1. The summed E-state index contributed by atoms with van der Waals surface area (Å²) in [6, 6.07) is 9.25. The van der Waals surface area contributed by atoms with Gasteiger partial charge in [0.15, 0.2) is 9.84 Å². The number of amides is 1. The predicted molar refractivity (Wildman–Crippen MR) is 145 cm³/mol. The molecule has 10 heteroatoms. The van der Waals surface area contributed by atoms with Gasteiger partial charge in [-0.05, 0) is 54.7 Å². The van der Waals surface area contributed by atoms with Gasteiger partial charge in [-0.1, -0.05) is 20.8 Å². The fourth-order valence-corrected chi connectivity index (χ4v) is 7.70. The van der Waals surface area contributed by atoms with Crippen molar-refractivity contribution in [2.24, 2.45) is 5.41 Å². The van der Waals surface area contributed by atoms with Crippen LogP contribution < -0.4 is 4.90 Å². The van der Waals surface area contributed by atoms with Crippen LogP contribution in [-0.4, -0.2) is 73.6 Å². The van der Waals surface area contributed by atoms with Crippen molar-refractivity contribution in [3.8, 4) is 0 Å². The number of nitrogens with zero attached hydrogens (tertiary/aromatic N) is 4. The first-order chi connectivity index (χ1) is 18.0. The molecule has 38 heavy (non-hydrogen) atoms. The Morgan fingerprint density at radius 2 is 1.76 bits per heavy atom. The normalized spacial score (nSPS) is 19.9. The Bertz CT molecular complexity index is 1430. The van der Waals surface area contributed by atoms with Crippen LogP contribution in [0.25, 0.3) is 10.9 Å². The molecule has 5 rings (SSSR count). The highest BCUT2D eigenvalue weighted by molar-refractivity contribution is 7.91. The Labute approximate surface area is 223 Å². The van der Waals surface area contributed by atoms with Crippen LogP contribution in [0.3, 0.4) is 0 Å². The second-order valence-electron chi connectivity index (χ2n) is 11.6. The zero-order valence-electron chi connectivity index (χ0n) is 22.4. The summed E-state index contributed by atoms with van der Waals surface area (Å²) >= 11 is 0. The molecular weight excluding hydrogens is 507 g/mol. The summed E-state index contributed by atoms with van der Waals surface area (Å²) in [6.07, 6.45) is 3.51. The molecule has 3 aromatic rings. The lowest BCUT2D eigenvalue weighted by molar-refractivity contribution is 0.0718. The van der Waals surface area contributed by atoms with Crippen molar-refractivity contribution >= 4 is 32.3 Å². The number of hydrogen-bond donors (Lipinski definition) is 0. The molecule has 8 nitrogen and oxygen atoms in total. The minimum absolute atomic E-state index is 0.0349. The maximum atomic E-state index is 13.5. The van der Waals surface area contributed by atoms with Crippen LogP contribution in [0.2, 0.25) is 0 Å². The zero-order valence-corrected chi connectivity index (χ0v) is 23.2. The third-order valence-corrected chi connectivity index (χ3v) is 9.52. The molecule has 2 aliphatic heterocycles. The van der Waals surface area contributed by atoms with E-state index in [1.165, 1.54) is 24.3 Å². The first-order valence-corrected chi connectivity index (χ1v) is 14.7. The second-order valence-corrected chi connectivity index (χ2v) is 13.6. The number of sulfone groups is 1. The van der Waals surface area contributed by atoms with Crippen molar-refractivity contribution in [1.29, 1.82) is 0 Å². The van der Waals surface area contributed by atoms with E-state index in [0.717, 1.165) is 29.4 Å². The van der Waals surface area contributed by atoms with E-state index < -0.39 is 9.84 Å². The van der Waals surface area contributed by atoms with Crippen molar-refractivity contribution in [1.82, 2.24) is 14.7 Å².